The van der Waals surface area contributed by atoms with E-state index < -0.39 is 11.5 Å². The van der Waals surface area contributed by atoms with Crippen molar-refractivity contribution < 1.29 is 19.2 Å². The number of carbonyl (C=O) groups is 1. The van der Waals surface area contributed by atoms with E-state index >= 15 is 0 Å². The number of rotatable bonds is 10. The number of nitrogens with zero attached hydrogens (tertiary/aromatic N) is 1. The van der Waals surface area contributed by atoms with Crippen LogP contribution >= 0.6 is 0 Å². The molecule has 1 heterocycles. The van der Waals surface area contributed by atoms with E-state index in [1.807, 2.05) is 56.3 Å². The standard InChI is InChI=1S/C33H35NO4/c1-4-37-32(36)33(20-21-33)28-18-16-26(17-19-28)25-12-14-27(15-13-25)31-29(23(3)34-38-31)30(35)22(2)10-11-24-8-6-5-7-9-24/h5-9,12-19,22,30,35H,4,10-11,20-21H2,1-3H3. The van der Waals surface area contributed by atoms with Crippen molar-refractivity contribution in [2.75, 3.05) is 6.61 Å². The summed E-state index contributed by atoms with van der Waals surface area (Å²) in [5.74, 6) is 0.551. The first-order valence-corrected chi connectivity index (χ1v) is 13.5. The van der Waals surface area contributed by atoms with Gasteiger partial charge in [-0.2, -0.15) is 0 Å². The highest BCUT2D eigenvalue weighted by Crippen LogP contribution is 2.49. The fourth-order valence-electron chi connectivity index (χ4n) is 5.22. The Morgan fingerprint density at radius 1 is 0.974 bits per heavy atom. The lowest BCUT2D eigenvalue weighted by molar-refractivity contribution is -0.146. The molecule has 3 aromatic carbocycles. The molecule has 1 N–H and O–H groups in total. The minimum absolute atomic E-state index is 0.0502. The molecule has 0 saturated heterocycles. The zero-order valence-electron chi connectivity index (χ0n) is 22.3. The van der Waals surface area contributed by atoms with Crippen LogP contribution in [0, 0.1) is 12.8 Å². The minimum atomic E-state index is -0.665. The Morgan fingerprint density at radius 3 is 2.18 bits per heavy atom. The van der Waals surface area contributed by atoms with Crippen molar-refractivity contribution >= 4 is 5.97 Å². The van der Waals surface area contributed by atoms with Crippen molar-refractivity contribution in [2.45, 2.75) is 58.0 Å². The van der Waals surface area contributed by atoms with E-state index in [9.17, 15) is 9.90 Å². The van der Waals surface area contributed by atoms with Crippen molar-refractivity contribution in [1.29, 1.82) is 0 Å². The molecule has 1 saturated carbocycles. The van der Waals surface area contributed by atoms with Crippen LogP contribution in [0.5, 0.6) is 0 Å². The van der Waals surface area contributed by atoms with Crippen molar-refractivity contribution in [1.82, 2.24) is 5.16 Å². The third-order valence-corrected chi connectivity index (χ3v) is 7.81. The summed E-state index contributed by atoms with van der Waals surface area (Å²) >= 11 is 0. The Balaban J connectivity index is 1.30. The summed E-state index contributed by atoms with van der Waals surface area (Å²) in [5, 5.41) is 15.4. The predicted octanol–water partition coefficient (Wildman–Crippen LogP) is 7.21. The Kier molecular flexibility index (Phi) is 7.48. The molecular formula is C33H35NO4. The fourth-order valence-corrected chi connectivity index (χ4v) is 5.22. The molecule has 1 aliphatic carbocycles. The molecule has 4 aromatic rings. The van der Waals surface area contributed by atoms with Crippen molar-refractivity contribution in [3.8, 4) is 22.5 Å². The van der Waals surface area contributed by atoms with Gasteiger partial charge in [0.1, 0.15) is 0 Å². The molecule has 5 rings (SSSR count). The van der Waals surface area contributed by atoms with Crippen LogP contribution in [0.25, 0.3) is 22.5 Å². The van der Waals surface area contributed by atoms with Crippen molar-refractivity contribution in [3.05, 3.63) is 101 Å². The molecular weight excluding hydrogens is 474 g/mol. The van der Waals surface area contributed by atoms with E-state index in [2.05, 4.69) is 48.5 Å². The quantitative estimate of drug-likeness (QED) is 0.229. The van der Waals surface area contributed by atoms with Gasteiger partial charge in [0, 0.05) is 5.56 Å². The maximum Gasteiger partial charge on any atom is 0.316 e. The van der Waals surface area contributed by atoms with Gasteiger partial charge >= 0.3 is 5.97 Å². The predicted molar refractivity (Wildman–Crippen MR) is 149 cm³/mol. The normalized spacial score (nSPS) is 15.6. The molecule has 0 aliphatic heterocycles. The summed E-state index contributed by atoms with van der Waals surface area (Å²) in [4.78, 5) is 12.4. The number of aliphatic hydroxyl groups is 1. The highest BCUT2D eigenvalue weighted by atomic mass is 16.5. The third-order valence-electron chi connectivity index (χ3n) is 7.81. The summed E-state index contributed by atoms with van der Waals surface area (Å²) in [7, 11) is 0. The van der Waals surface area contributed by atoms with E-state index in [0.717, 1.165) is 53.5 Å². The average molecular weight is 510 g/mol. The number of hydrogen-bond donors (Lipinski definition) is 1. The molecule has 38 heavy (non-hydrogen) atoms. The maximum atomic E-state index is 12.4. The van der Waals surface area contributed by atoms with E-state index in [-0.39, 0.29) is 11.9 Å². The number of ether oxygens (including phenoxy) is 1. The van der Waals surface area contributed by atoms with Crippen molar-refractivity contribution in [2.24, 2.45) is 5.92 Å². The van der Waals surface area contributed by atoms with Crippen molar-refractivity contribution in [3.63, 3.8) is 0 Å². The molecule has 2 unspecified atom stereocenters. The van der Waals surface area contributed by atoms with Gasteiger partial charge in [0.2, 0.25) is 0 Å². The highest BCUT2D eigenvalue weighted by Gasteiger charge is 2.52. The summed E-state index contributed by atoms with van der Waals surface area (Å²) < 4.78 is 11.0. The van der Waals surface area contributed by atoms with Gasteiger partial charge in [0.25, 0.3) is 0 Å². The van der Waals surface area contributed by atoms with Gasteiger partial charge in [-0.25, -0.2) is 0 Å². The topological polar surface area (TPSA) is 72.6 Å². The van der Waals surface area contributed by atoms with E-state index in [1.54, 1.807) is 0 Å². The SMILES string of the molecule is CCOC(=O)C1(c2ccc(-c3ccc(-c4onc(C)c4C(O)C(C)CCc4ccccc4)cc3)cc2)CC1. The lowest BCUT2D eigenvalue weighted by Crippen LogP contribution is -2.23. The maximum absolute atomic E-state index is 12.4. The van der Waals surface area contributed by atoms with Gasteiger partial charge in [-0.3, -0.25) is 4.79 Å². The van der Waals surface area contributed by atoms with E-state index in [4.69, 9.17) is 9.26 Å². The average Bonchev–Trinajstić information content (AvgIpc) is 3.68. The second-order valence-corrected chi connectivity index (χ2v) is 10.4. The molecule has 1 fully saturated rings. The van der Waals surface area contributed by atoms with Crippen LogP contribution in [-0.4, -0.2) is 22.8 Å². The molecule has 0 amide bonds. The largest absolute Gasteiger partial charge is 0.465 e. The Hall–Kier alpha value is -3.70. The van der Waals surface area contributed by atoms with E-state index in [1.165, 1.54) is 5.56 Å². The Morgan fingerprint density at radius 2 is 1.58 bits per heavy atom. The number of esters is 1. The van der Waals surface area contributed by atoms with Crippen LogP contribution in [0.4, 0.5) is 0 Å². The van der Waals surface area contributed by atoms with Gasteiger partial charge < -0.3 is 14.4 Å². The van der Waals surface area contributed by atoms with Gasteiger partial charge in [0.15, 0.2) is 5.76 Å². The summed E-state index contributed by atoms with van der Waals surface area (Å²) in [6, 6.07) is 26.7. The zero-order chi connectivity index (χ0) is 26.7. The van der Waals surface area contributed by atoms with Gasteiger partial charge in [-0.05, 0) is 67.7 Å². The molecule has 2 atom stereocenters. The minimum Gasteiger partial charge on any atom is -0.465 e. The van der Waals surface area contributed by atoms with Gasteiger partial charge in [0.05, 0.1) is 29.4 Å². The van der Waals surface area contributed by atoms with Crippen LogP contribution in [0.1, 0.15) is 61.6 Å². The van der Waals surface area contributed by atoms with Gasteiger partial charge in [-0.15, -0.1) is 0 Å². The fraction of sp³-hybridized carbons (Fsp3) is 0.333. The number of carbonyl (C=O) groups excluding carboxylic acids is 1. The van der Waals surface area contributed by atoms with Crippen LogP contribution < -0.4 is 0 Å². The molecule has 5 heteroatoms. The second kappa shape index (κ2) is 11.0. The summed E-state index contributed by atoms with van der Waals surface area (Å²) in [5.41, 5.74) is 6.33. The number of hydrogen-bond acceptors (Lipinski definition) is 5. The molecule has 1 aromatic heterocycles. The molecule has 1 aliphatic rings. The van der Waals surface area contributed by atoms with Gasteiger partial charge in [-0.1, -0.05) is 90.9 Å². The molecule has 0 spiro atoms. The lowest BCUT2D eigenvalue weighted by atomic mass is 9.89. The number of aliphatic hydroxyl groups excluding tert-OH is 1. The number of aromatic nitrogens is 1. The molecule has 5 nitrogen and oxygen atoms in total. The van der Waals surface area contributed by atoms with Crippen LogP contribution in [0.2, 0.25) is 0 Å². The first-order valence-electron chi connectivity index (χ1n) is 13.5. The lowest BCUT2D eigenvalue weighted by Gasteiger charge is -2.19. The molecule has 0 bridgehead atoms. The second-order valence-electron chi connectivity index (χ2n) is 10.4. The zero-order valence-corrected chi connectivity index (χ0v) is 22.3. The van der Waals surface area contributed by atoms with E-state index in [0.29, 0.717) is 18.1 Å². The first kappa shape index (κ1) is 25.9. The number of benzene rings is 3. The molecule has 196 valence electrons. The number of aryl methyl sites for hydroxylation is 2. The van der Waals surface area contributed by atoms with Crippen LogP contribution in [-0.2, 0) is 21.4 Å². The van der Waals surface area contributed by atoms with Crippen LogP contribution in [0.3, 0.4) is 0 Å². The highest BCUT2D eigenvalue weighted by molar-refractivity contribution is 5.87. The monoisotopic (exact) mass is 509 g/mol. The van der Waals surface area contributed by atoms with Crippen LogP contribution in [0.15, 0.2) is 83.4 Å². The molecule has 0 radical (unpaired) electrons. The Bertz CT molecular complexity index is 1370. The summed E-state index contributed by atoms with van der Waals surface area (Å²) in [6.45, 7) is 6.21. The smallest absolute Gasteiger partial charge is 0.316 e. The summed E-state index contributed by atoms with van der Waals surface area (Å²) in [6.07, 6.45) is 2.79. The third kappa shape index (κ3) is 5.16. The Labute approximate surface area is 224 Å². The first-order chi connectivity index (χ1) is 18.4.